The van der Waals surface area contributed by atoms with Crippen molar-refractivity contribution in [3.8, 4) is 0 Å². The van der Waals surface area contributed by atoms with Crippen LogP contribution in [-0.4, -0.2) is 73.3 Å². The average molecular weight is 441 g/mol. The minimum absolute atomic E-state index is 0.148. The second-order valence-electron chi connectivity index (χ2n) is 9.84. The summed E-state index contributed by atoms with van der Waals surface area (Å²) in [5.74, 6) is 1.11. The summed E-state index contributed by atoms with van der Waals surface area (Å²) in [5, 5.41) is 24.7. The highest BCUT2D eigenvalue weighted by atomic mass is 16.5. The minimum atomic E-state index is -0.507. The largest absolute Gasteiger partial charge is 0.392 e. The van der Waals surface area contributed by atoms with Crippen molar-refractivity contribution in [3.05, 3.63) is 59.2 Å². The molecule has 1 saturated heterocycles. The van der Waals surface area contributed by atoms with Gasteiger partial charge < -0.3 is 20.3 Å². The van der Waals surface area contributed by atoms with Crippen molar-refractivity contribution in [2.75, 3.05) is 45.9 Å². The van der Waals surface area contributed by atoms with Gasteiger partial charge in [-0.05, 0) is 50.1 Å². The first-order chi connectivity index (χ1) is 15.6. The molecular formula is C27H40N2O3. The fourth-order valence-electron chi connectivity index (χ4n) is 5.63. The Morgan fingerprint density at radius 2 is 2.09 bits per heavy atom. The Morgan fingerprint density at radius 1 is 1.25 bits per heavy atom. The van der Waals surface area contributed by atoms with E-state index < -0.39 is 6.10 Å². The monoisotopic (exact) mass is 440 g/mol. The molecular weight excluding hydrogens is 400 g/mol. The molecule has 2 fully saturated rings. The number of rotatable bonds is 10. The van der Waals surface area contributed by atoms with Gasteiger partial charge in [0.2, 0.25) is 0 Å². The van der Waals surface area contributed by atoms with Crippen molar-refractivity contribution in [3.63, 3.8) is 0 Å². The summed E-state index contributed by atoms with van der Waals surface area (Å²) in [4.78, 5) is 2.46. The molecule has 0 radical (unpaired) electrons. The zero-order valence-electron chi connectivity index (χ0n) is 19.5. The highest BCUT2D eigenvalue weighted by Gasteiger charge is 2.43. The number of morpholine rings is 1. The molecule has 0 amide bonds. The maximum absolute atomic E-state index is 10.6. The van der Waals surface area contributed by atoms with E-state index in [0.29, 0.717) is 18.3 Å². The maximum Gasteiger partial charge on any atom is 0.0761 e. The van der Waals surface area contributed by atoms with E-state index in [0.717, 1.165) is 70.8 Å². The fourth-order valence-corrected chi connectivity index (χ4v) is 5.63. The van der Waals surface area contributed by atoms with E-state index in [1.807, 2.05) is 12.1 Å². The number of aryl methyl sites for hydroxylation is 1. The van der Waals surface area contributed by atoms with E-state index in [1.165, 1.54) is 11.1 Å². The fraction of sp³-hybridized carbons (Fsp3) is 0.630. The molecule has 1 heterocycles. The van der Waals surface area contributed by atoms with Gasteiger partial charge in [-0.2, -0.15) is 0 Å². The highest BCUT2D eigenvalue weighted by molar-refractivity contribution is 5.24. The van der Waals surface area contributed by atoms with E-state index in [-0.39, 0.29) is 12.0 Å². The molecule has 1 aromatic rings. The van der Waals surface area contributed by atoms with Crippen LogP contribution >= 0.6 is 0 Å². The van der Waals surface area contributed by atoms with Crippen molar-refractivity contribution in [1.29, 1.82) is 0 Å². The summed E-state index contributed by atoms with van der Waals surface area (Å²) in [5.41, 5.74) is 3.90. The zero-order chi connectivity index (χ0) is 22.3. The Kier molecular flexibility index (Phi) is 8.55. The molecule has 3 N–H and O–H groups in total. The van der Waals surface area contributed by atoms with Gasteiger partial charge in [0.25, 0.3) is 0 Å². The number of hydrogen-bond donors (Lipinski definition) is 3. The van der Waals surface area contributed by atoms with Crippen molar-refractivity contribution in [2.24, 2.45) is 17.8 Å². The molecule has 0 spiro atoms. The lowest BCUT2D eigenvalue weighted by Gasteiger charge is -2.26. The van der Waals surface area contributed by atoms with Gasteiger partial charge in [-0.3, -0.25) is 4.90 Å². The molecule has 4 rings (SSSR count). The van der Waals surface area contributed by atoms with Crippen LogP contribution in [0, 0.1) is 24.7 Å². The van der Waals surface area contributed by atoms with E-state index in [2.05, 4.69) is 47.5 Å². The number of nitrogens with zero attached hydrogens (tertiary/aromatic N) is 1. The lowest BCUT2D eigenvalue weighted by molar-refractivity contribution is 0.0385. The predicted octanol–water partition coefficient (Wildman–Crippen LogP) is 2.71. The predicted molar refractivity (Wildman–Crippen MR) is 129 cm³/mol. The third-order valence-electron chi connectivity index (χ3n) is 7.36. The maximum atomic E-state index is 10.6. The molecule has 1 aromatic carbocycles. The number of aliphatic hydroxyl groups excluding tert-OH is 2. The molecule has 5 atom stereocenters. The quantitative estimate of drug-likeness (QED) is 0.386. The molecule has 5 heteroatoms. The van der Waals surface area contributed by atoms with Crippen LogP contribution in [-0.2, 0) is 11.2 Å². The van der Waals surface area contributed by atoms with Gasteiger partial charge in [0, 0.05) is 38.5 Å². The second kappa shape index (κ2) is 11.6. The SMILES string of the molecule is Cc1cccc(C[C@H](O)C=C[C@@H]2[C@H]3CC(CCNCCN4CCOCC4)=C[C@H]3C[C@H]2O)c1. The van der Waals surface area contributed by atoms with E-state index in [4.69, 9.17) is 4.74 Å². The average Bonchev–Trinajstić information content (AvgIpc) is 3.29. The summed E-state index contributed by atoms with van der Waals surface area (Å²) < 4.78 is 5.40. The topological polar surface area (TPSA) is 65.0 Å². The third-order valence-corrected chi connectivity index (χ3v) is 7.36. The van der Waals surface area contributed by atoms with Gasteiger partial charge in [-0.1, -0.05) is 53.6 Å². The number of benzene rings is 1. The van der Waals surface area contributed by atoms with Crippen LogP contribution in [0.25, 0.3) is 0 Å². The second-order valence-corrected chi connectivity index (χ2v) is 9.84. The molecule has 1 saturated carbocycles. The van der Waals surface area contributed by atoms with E-state index in [1.54, 1.807) is 0 Å². The van der Waals surface area contributed by atoms with Gasteiger partial charge in [0.05, 0.1) is 25.4 Å². The molecule has 0 bridgehead atoms. The van der Waals surface area contributed by atoms with Gasteiger partial charge in [-0.15, -0.1) is 0 Å². The van der Waals surface area contributed by atoms with Crippen LogP contribution in [0.2, 0.25) is 0 Å². The lowest BCUT2D eigenvalue weighted by atomic mass is 9.88. The summed E-state index contributed by atoms with van der Waals surface area (Å²) >= 11 is 0. The summed E-state index contributed by atoms with van der Waals surface area (Å²) in [6, 6.07) is 8.30. The highest BCUT2D eigenvalue weighted by Crippen LogP contribution is 2.47. The number of fused-ring (bicyclic) bond motifs is 1. The van der Waals surface area contributed by atoms with Gasteiger partial charge in [0.1, 0.15) is 0 Å². The van der Waals surface area contributed by atoms with Crippen molar-refractivity contribution >= 4 is 0 Å². The Morgan fingerprint density at radius 3 is 2.91 bits per heavy atom. The Labute approximate surface area is 193 Å². The number of aliphatic hydroxyl groups is 2. The molecule has 2 aliphatic carbocycles. The molecule has 0 aromatic heterocycles. The molecule has 1 aliphatic heterocycles. The summed E-state index contributed by atoms with van der Waals surface area (Å²) in [6.07, 6.45) is 9.26. The van der Waals surface area contributed by atoms with E-state index in [9.17, 15) is 10.2 Å². The molecule has 32 heavy (non-hydrogen) atoms. The number of hydrogen-bond acceptors (Lipinski definition) is 5. The molecule has 176 valence electrons. The molecule has 3 aliphatic rings. The number of nitrogens with one attached hydrogen (secondary N) is 1. The first-order valence-electron chi connectivity index (χ1n) is 12.4. The van der Waals surface area contributed by atoms with Crippen LogP contribution in [0.15, 0.2) is 48.1 Å². The van der Waals surface area contributed by atoms with Gasteiger partial charge in [-0.25, -0.2) is 0 Å². The number of allylic oxidation sites excluding steroid dienone is 1. The van der Waals surface area contributed by atoms with Gasteiger partial charge >= 0.3 is 0 Å². The van der Waals surface area contributed by atoms with Crippen molar-refractivity contribution < 1.29 is 14.9 Å². The minimum Gasteiger partial charge on any atom is -0.392 e. The standard InChI is InChI=1S/C27H40N2O3/c1-20-3-2-4-21(15-20)17-24(30)5-6-25-26-18-22(16-23(26)19-27(25)31)7-8-28-9-10-29-11-13-32-14-12-29/h2-6,15-16,23-28,30-31H,7-14,17-19H2,1H3/t23-,24+,25+,26-,27+/m0/s1. The Balaban J connectivity index is 1.19. The normalized spacial score (nSPS) is 29.4. The van der Waals surface area contributed by atoms with Crippen LogP contribution in [0.4, 0.5) is 0 Å². The van der Waals surface area contributed by atoms with Crippen LogP contribution in [0.1, 0.15) is 30.4 Å². The van der Waals surface area contributed by atoms with Crippen LogP contribution in [0.3, 0.4) is 0 Å². The van der Waals surface area contributed by atoms with Crippen LogP contribution < -0.4 is 5.32 Å². The smallest absolute Gasteiger partial charge is 0.0761 e. The Hall–Kier alpha value is -1.50. The first kappa shape index (κ1) is 23.7. The first-order valence-corrected chi connectivity index (χ1v) is 12.4. The molecule has 5 nitrogen and oxygen atoms in total. The van der Waals surface area contributed by atoms with Crippen molar-refractivity contribution in [2.45, 2.75) is 44.8 Å². The lowest BCUT2D eigenvalue weighted by Crippen LogP contribution is -2.40. The van der Waals surface area contributed by atoms with Gasteiger partial charge in [0.15, 0.2) is 0 Å². The third kappa shape index (κ3) is 6.52. The Bertz CT molecular complexity index is 787. The summed E-state index contributed by atoms with van der Waals surface area (Å²) in [6.45, 7) is 9.04. The van der Waals surface area contributed by atoms with E-state index >= 15 is 0 Å². The van der Waals surface area contributed by atoms with Crippen molar-refractivity contribution in [1.82, 2.24) is 10.2 Å². The summed E-state index contributed by atoms with van der Waals surface area (Å²) in [7, 11) is 0. The number of ether oxygens (including phenoxy) is 1. The zero-order valence-corrected chi connectivity index (χ0v) is 19.5. The van der Waals surface area contributed by atoms with Crippen LogP contribution in [0.5, 0.6) is 0 Å². The molecule has 0 unspecified atom stereocenters.